The Kier molecular flexibility index (Phi) is 4.53. The summed E-state index contributed by atoms with van der Waals surface area (Å²) in [5.74, 6) is 0.900. The lowest BCUT2D eigenvalue weighted by atomic mass is 10.4. The summed E-state index contributed by atoms with van der Waals surface area (Å²) >= 11 is 2.69. The van der Waals surface area contributed by atoms with Gasteiger partial charge in [0.1, 0.15) is 10.6 Å². The molecular weight excluding hydrogens is 334 g/mol. The number of rotatable bonds is 5. The van der Waals surface area contributed by atoms with Crippen LogP contribution >= 0.6 is 23.1 Å². The Hall–Kier alpha value is -2.06. The Morgan fingerprint density at radius 2 is 2.30 bits per heavy atom. The maximum absolute atomic E-state index is 12.2. The summed E-state index contributed by atoms with van der Waals surface area (Å²) in [5, 5.41) is 3.00. The third-order valence-electron chi connectivity index (χ3n) is 3.39. The molecule has 0 fully saturated rings. The smallest absolute Gasteiger partial charge is 0.262 e. The molecule has 0 saturated heterocycles. The predicted molar refractivity (Wildman–Crippen MR) is 90.8 cm³/mol. The number of hydrogen-bond donors (Lipinski definition) is 0. The van der Waals surface area contributed by atoms with Gasteiger partial charge >= 0.3 is 0 Å². The first-order valence-electron chi connectivity index (χ1n) is 6.89. The van der Waals surface area contributed by atoms with E-state index in [1.54, 1.807) is 37.4 Å². The molecule has 0 aliphatic carbocycles. The monoisotopic (exact) mass is 349 g/mol. The van der Waals surface area contributed by atoms with Crippen LogP contribution in [0.4, 0.5) is 0 Å². The molecule has 0 spiro atoms. The highest BCUT2D eigenvalue weighted by Gasteiger charge is 2.14. The number of carbonyl (C=O) groups is 1. The average molecular weight is 349 g/mol. The van der Waals surface area contributed by atoms with Gasteiger partial charge in [-0.15, -0.1) is 11.3 Å². The molecule has 0 atom stereocenters. The highest BCUT2D eigenvalue weighted by molar-refractivity contribution is 7.99. The van der Waals surface area contributed by atoms with Gasteiger partial charge < -0.3 is 9.32 Å². The second-order valence-electron chi connectivity index (χ2n) is 5.02. The number of hydrogen-bond acceptors (Lipinski definition) is 6. The van der Waals surface area contributed by atoms with Crippen LogP contribution in [0.2, 0.25) is 0 Å². The van der Waals surface area contributed by atoms with Gasteiger partial charge in [0, 0.05) is 14.1 Å². The van der Waals surface area contributed by atoms with Gasteiger partial charge in [-0.25, -0.2) is 4.98 Å². The zero-order chi connectivity index (χ0) is 16.4. The number of thioether (sulfide) groups is 1. The van der Waals surface area contributed by atoms with E-state index in [2.05, 4.69) is 4.98 Å². The molecule has 8 heteroatoms. The van der Waals surface area contributed by atoms with E-state index in [9.17, 15) is 9.59 Å². The minimum Gasteiger partial charge on any atom is -0.467 e. The van der Waals surface area contributed by atoms with E-state index in [4.69, 9.17) is 4.42 Å². The predicted octanol–water partition coefficient (Wildman–Crippen LogP) is 2.34. The summed E-state index contributed by atoms with van der Waals surface area (Å²) in [6.07, 6.45) is 1.58. The second-order valence-corrected chi connectivity index (χ2v) is 6.85. The Morgan fingerprint density at radius 3 is 3.04 bits per heavy atom. The van der Waals surface area contributed by atoms with Gasteiger partial charge in [0.2, 0.25) is 5.91 Å². The third kappa shape index (κ3) is 3.32. The van der Waals surface area contributed by atoms with Crippen molar-refractivity contribution < 1.29 is 9.21 Å². The van der Waals surface area contributed by atoms with Crippen molar-refractivity contribution in [2.75, 3.05) is 12.8 Å². The fourth-order valence-corrected chi connectivity index (χ4v) is 3.79. The molecule has 0 bridgehead atoms. The molecule has 0 aromatic carbocycles. The maximum Gasteiger partial charge on any atom is 0.262 e. The van der Waals surface area contributed by atoms with Crippen LogP contribution in [0.15, 0.2) is 44.2 Å². The van der Waals surface area contributed by atoms with Crippen molar-refractivity contribution in [2.24, 2.45) is 7.05 Å². The zero-order valence-electron chi connectivity index (χ0n) is 12.7. The average Bonchev–Trinajstić information content (AvgIpc) is 3.20. The second kappa shape index (κ2) is 6.59. The Balaban J connectivity index is 1.69. The fourth-order valence-electron chi connectivity index (χ4n) is 2.07. The van der Waals surface area contributed by atoms with Gasteiger partial charge in [-0.05, 0) is 23.6 Å². The summed E-state index contributed by atoms with van der Waals surface area (Å²) in [4.78, 5) is 31.2. The molecule has 3 aromatic heterocycles. The van der Waals surface area contributed by atoms with E-state index in [1.807, 2.05) is 11.4 Å². The quantitative estimate of drug-likeness (QED) is 0.522. The van der Waals surface area contributed by atoms with E-state index in [-0.39, 0.29) is 17.2 Å². The van der Waals surface area contributed by atoms with Crippen LogP contribution in [0.5, 0.6) is 0 Å². The summed E-state index contributed by atoms with van der Waals surface area (Å²) in [6, 6.07) is 5.39. The zero-order valence-corrected chi connectivity index (χ0v) is 14.3. The molecule has 0 aliphatic rings. The highest BCUT2D eigenvalue weighted by atomic mass is 32.2. The van der Waals surface area contributed by atoms with Crippen molar-refractivity contribution >= 4 is 39.2 Å². The lowest BCUT2D eigenvalue weighted by Gasteiger charge is -2.15. The fraction of sp³-hybridized carbons (Fsp3) is 0.267. The van der Waals surface area contributed by atoms with E-state index < -0.39 is 0 Å². The van der Waals surface area contributed by atoms with Gasteiger partial charge in [0.25, 0.3) is 5.56 Å². The number of nitrogens with zero attached hydrogens (tertiary/aromatic N) is 3. The van der Waals surface area contributed by atoms with Gasteiger partial charge in [0.05, 0.1) is 23.9 Å². The van der Waals surface area contributed by atoms with Crippen molar-refractivity contribution in [3.05, 3.63) is 46.0 Å². The summed E-state index contributed by atoms with van der Waals surface area (Å²) < 4.78 is 6.72. The number of thiophene rings is 1. The van der Waals surface area contributed by atoms with E-state index in [1.165, 1.54) is 27.7 Å². The number of amides is 1. The molecule has 0 N–H and O–H groups in total. The van der Waals surface area contributed by atoms with Crippen molar-refractivity contribution in [2.45, 2.75) is 11.7 Å². The molecular formula is C15H15N3O3S2. The van der Waals surface area contributed by atoms with Crippen LogP contribution in [-0.4, -0.2) is 33.2 Å². The molecule has 0 saturated carbocycles. The third-order valence-corrected chi connectivity index (χ3v) is 5.21. The summed E-state index contributed by atoms with van der Waals surface area (Å²) in [6.45, 7) is 0.419. The van der Waals surface area contributed by atoms with Crippen LogP contribution < -0.4 is 5.56 Å². The maximum atomic E-state index is 12.2. The topological polar surface area (TPSA) is 68.3 Å². The molecule has 23 heavy (non-hydrogen) atoms. The normalized spacial score (nSPS) is 11.0. The van der Waals surface area contributed by atoms with Crippen LogP contribution in [0.1, 0.15) is 5.76 Å². The minimum absolute atomic E-state index is 0.0491. The SMILES string of the molecule is CN(Cc1ccco1)C(=O)CSc1nc2sccc2c(=O)n1C. The molecule has 3 rings (SSSR count). The first kappa shape index (κ1) is 15.8. The minimum atomic E-state index is -0.0878. The van der Waals surface area contributed by atoms with Crippen LogP contribution in [0.3, 0.4) is 0 Å². The molecule has 0 aliphatic heterocycles. The summed E-state index contributed by atoms with van der Waals surface area (Å²) in [5.41, 5.74) is -0.0878. The van der Waals surface area contributed by atoms with Gasteiger partial charge in [-0.1, -0.05) is 11.8 Å². The number of carbonyl (C=O) groups excluding carboxylic acids is 1. The highest BCUT2D eigenvalue weighted by Crippen LogP contribution is 2.20. The van der Waals surface area contributed by atoms with Crippen LogP contribution in [-0.2, 0) is 18.4 Å². The lowest BCUT2D eigenvalue weighted by molar-refractivity contribution is -0.127. The molecule has 3 aromatic rings. The number of aromatic nitrogens is 2. The van der Waals surface area contributed by atoms with Crippen molar-refractivity contribution in [3.8, 4) is 0 Å². The van der Waals surface area contributed by atoms with Gasteiger partial charge in [-0.3, -0.25) is 14.2 Å². The van der Waals surface area contributed by atoms with Crippen molar-refractivity contribution in [3.63, 3.8) is 0 Å². The molecule has 0 unspecified atom stereocenters. The molecule has 0 radical (unpaired) electrons. The Bertz CT molecular complexity index is 883. The number of furan rings is 1. The largest absolute Gasteiger partial charge is 0.467 e. The summed E-state index contributed by atoms with van der Waals surface area (Å²) in [7, 11) is 3.39. The lowest BCUT2D eigenvalue weighted by Crippen LogP contribution is -2.28. The molecule has 120 valence electrons. The molecule has 3 heterocycles. The first-order chi connectivity index (χ1) is 11.1. The Morgan fingerprint density at radius 1 is 1.48 bits per heavy atom. The van der Waals surface area contributed by atoms with E-state index in [0.717, 1.165) is 5.76 Å². The van der Waals surface area contributed by atoms with Crippen LogP contribution in [0.25, 0.3) is 10.2 Å². The van der Waals surface area contributed by atoms with Gasteiger partial charge in [-0.2, -0.15) is 0 Å². The molecule has 1 amide bonds. The van der Waals surface area contributed by atoms with E-state index >= 15 is 0 Å². The van der Waals surface area contributed by atoms with Crippen LogP contribution in [0, 0.1) is 0 Å². The number of fused-ring (bicyclic) bond motifs is 1. The standard InChI is InChI=1S/C15H15N3O3S2/c1-17(8-10-4-3-6-21-10)12(19)9-23-15-16-13-11(5-7-22-13)14(20)18(15)2/h3-7H,8-9H2,1-2H3. The first-order valence-corrected chi connectivity index (χ1v) is 8.76. The van der Waals surface area contributed by atoms with Crippen molar-refractivity contribution in [1.82, 2.24) is 14.5 Å². The Labute approximate surface area is 140 Å². The van der Waals surface area contributed by atoms with E-state index in [0.29, 0.717) is 21.9 Å². The molecule has 6 nitrogen and oxygen atoms in total. The van der Waals surface area contributed by atoms with Crippen molar-refractivity contribution in [1.29, 1.82) is 0 Å². The van der Waals surface area contributed by atoms with Gasteiger partial charge in [0.15, 0.2) is 5.16 Å².